The van der Waals surface area contributed by atoms with E-state index in [1.54, 1.807) is 31.2 Å². The van der Waals surface area contributed by atoms with Crippen LogP contribution in [0.15, 0.2) is 71.6 Å². The Kier molecular flexibility index (Phi) is 7.65. The summed E-state index contributed by atoms with van der Waals surface area (Å²) in [5, 5.41) is 2.96. The van der Waals surface area contributed by atoms with Crippen LogP contribution in [-0.4, -0.2) is 29.6 Å². The monoisotopic (exact) mass is 529 g/mol. The molecule has 1 amide bonds. The number of nitrogens with zero attached hydrogens (tertiary/aromatic N) is 2. The fourth-order valence-electron chi connectivity index (χ4n) is 5.34. The van der Waals surface area contributed by atoms with Gasteiger partial charge in [-0.3, -0.25) is 4.79 Å². The lowest BCUT2D eigenvalue weighted by atomic mass is 9.89. The van der Waals surface area contributed by atoms with Gasteiger partial charge in [-0.2, -0.15) is 0 Å². The van der Waals surface area contributed by atoms with Crippen LogP contribution >= 0.6 is 0 Å². The van der Waals surface area contributed by atoms with E-state index in [-0.39, 0.29) is 23.0 Å². The predicted molar refractivity (Wildman–Crippen MR) is 153 cm³/mol. The molecule has 0 spiro atoms. The Labute approximate surface area is 225 Å². The lowest BCUT2D eigenvalue weighted by Gasteiger charge is -2.23. The van der Waals surface area contributed by atoms with E-state index in [1.165, 1.54) is 43.2 Å². The van der Waals surface area contributed by atoms with Gasteiger partial charge < -0.3 is 9.88 Å². The summed E-state index contributed by atoms with van der Waals surface area (Å²) in [6.45, 7) is 4.72. The van der Waals surface area contributed by atoms with Gasteiger partial charge >= 0.3 is 0 Å². The minimum Gasteiger partial charge on any atom is -0.326 e. The summed E-state index contributed by atoms with van der Waals surface area (Å²) in [5.74, 6) is 1.55. The summed E-state index contributed by atoms with van der Waals surface area (Å²) in [7, 11) is -3.25. The molecule has 0 bridgehead atoms. The molecule has 0 aliphatic heterocycles. The van der Waals surface area contributed by atoms with E-state index in [1.807, 2.05) is 24.3 Å². The quantitative estimate of drug-likeness (QED) is 0.280. The molecular formula is C31H35N3O3S. The zero-order valence-electron chi connectivity index (χ0n) is 22.1. The van der Waals surface area contributed by atoms with Crippen molar-refractivity contribution in [1.29, 1.82) is 0 Å². The number of hydrogen-bond acceptors (Lipinski definition) is 4. The maximum Gasteiger partial charge on any atom is 0.228 e. The molecule has 0 atom stereocenters. The predicted octanol–water partition coefficient (Wildman–Crippen LogP) is 6.57. The molecule has 1 aliphatic carbocycles. The Morgan fingerprint density at radius 3 is 2.37 bits per heavy atom. The summed E-state index contributed by atoms with van der Waals surface area (Å²) in [4.78, 5) is 17.9. The second kappa shape index (κ2) is 11.1. The minimum absolute atomic E-state index is 0.0549. The molecule has 1 saturated carbocycles. The maximum atomic E-state index is 12.7. The smallest absolute Gasteiger partial charge is 0.228 e. The number of aromatic nitrogens is 2. The van der Waals surface area contributed by atoms with Crippen LogP contribution in [0.5, 0.6) is 0 Å². The number of amides is 1. The van der Waals surface area contributed by atoms with Crippen LogP contribution in [0.3, 0.4) is 0 Å². The van der Waals surface area contributed by atoms with Crippen molar-refractivity contribution in [3.05, 3.63) is 77.9 Å². The number of aryl methyl sites for hydroxylation is 1. The van der Waals surface area contributed by atoms with Crippen LogP contribution in [0.2, 0.25) is 0 Å². The first-order chi connectivity index (χ1) is 18.3. The van der Waals surface area contributed by atoms with Crippen molar-refractivity contribution in [2.45, 2.75) is 63.8 Å². The highest BCUT2D eigenvalue weighted by Gasteiger charge is 2.19. The van der Waals surface area contributed by atoms with Gasteiger partial charge in [-0.15, -0.1) is 0 Å². The highest BCUT2D eigenvalue weighted by atomic mass is 32.2. The molecule has 5 rings (SSSR count). The molecule has 3 aromatic carbocycles. The van der Waals surface area contributed by atoms with Gasteiger partial charge in [0.05, 0.1) is 28.1 Å². The standard InChI is InChI=1S/C31H35N3O3S/c1-3-38(36,37)27-16-10-23(11-17-27)20-30(35)32-26-14-12-25(13-15-26)31-33-28-18-9-22(2)19-29(28)34(31)21-24-7-5-4-6-8-24/h9-19,24H,3-8,20-21H2,1-2H3,(H,32,35). The molecule has 198 valence electrons. The van der Waals surface area contributed by atoms with Crippen molar-refractivity contribution in [3.8, 4) is 11.4 Å². The highest BCUT2D eigenvalue weighted by molar-refractivity contribution is 7.91. The molecule has 1 aliphatic rings. The van der Waals surface area contributed by atoms with Gasteiger partial charge in [0.1, 0.15) is 5.82 Å². The average Bonchev–Trinajstić information content (AvgIpc) is 3.27. The van der Waals surface area contributed by atoms with E-state index in [9.17, 15) is 13.2 Å². The second-order valence-corrected chi connectivity index (χ2v) is 12.7. The number of imidazole rings is 1. The maximum absolute atomic E-state index is 12.7. The molecule has 1 fully saturated rings. The van der Waals surface area contributed by atoms with Crippen LogP contribution in [0, 0.1) is 12.8 Å². The van der Waals surface area contributed by atoms with Crippen LogP contribution in [0.4, 0.5) is 5.69 Å². The Morgan fingerprint density at radius 1 is 0.974 bits per heavy atom. The summed E-state index contributed by atoms with van der Waals surface area (Å²) < 4.78 is 26.4. The minimum atomic E-state index is -3.25. The summed E-state index contributed by atoms with van der Waals surface area (Å²) >= 11 is 0. The molecule has 1 heterocycles. The Hall–Kier alpha value is -3.45. The van der Waals surface area contributed by atoms with Crippen molar-refractivity contribution in [3.63, 3.8) is 0 Å². The van der Waals surface area contributed by atoms with Crippen LogP contribution in [0.1, 0.15) is 50.2 Å². The molecular weight excluding hydrogens is 494 g/mol. The fraction of sp³-hybridized carbons (Fsp3) is 0.355. The van der Waals surface area contributed by atoms with Crippen LogP contribution in [-0.2, 0) is 27.6 Å². The van der Waals surface area contributed by atoms with E-state index in [0.29, 0.717) is 5.92 Å². The SMILES string of the molecule is CCS(=O)(=O)c1ccc(CC(=O)Nc2ccc(-c3nc4ccc(C)cc4n3CC3CCCCC3)cc2)cc1. The molecule has 1 aromatic heterocycles. The lowest BCUT2D eigenvalue weighted by molar-refractivity contribution is -0.115. The normalized spacial score (nSPS) is 14.6. The zero-order valence-corrected chi connectivity index (χ0v) is 22.9. The van der Waals surface area contributed by atoms with Crippen molar-refractivity contribution >= 4 is 32.5 Å². The van der Waals surface area contributed by atoms with E-state index in [0.717, 1.165) is 34.7 Å². The van der Waals surface area contributed by atoms with Crippen molar-refractivity contribution in [2.75, 3.05) is 11.1 Å². The number of carbonyl (C=O) groups is 1. The molecule has 38 heavy (non-hydrogen) atoms. The second-order valence-electron chi connectivity index (χ2n) is 10.4. The zero-order chi connectivity index (χ0) is 26.7. The lowest BCUT2D eigenvalue weighted by Crippen LogP contribution is -2.15. The van der Waals surface area contributed by atoms with Gasteiger partial charge in [0.15, 0.2) is 9.84 Å². The Morgan fingerprint density at radius 2 is 1.68 bits per heavy atom. The van der Waals surface area contributed by atoms with E-state index in [2.05, 4.69) is 35.0 Å². The number of benzene rings is 3. The molecule has 0 saturated heterocycles. The van der Waals surface area contributed by atoms with Crippen LogP contribution in [0.25, 0.3) is 22.4 Å². The van der Waals surface area contributed by atoms with Crippen molar-refractivity contribution in [2.24, 2.45) is 5.92 Å². The fourth-order valence-corrected chi connectivity index (χ4v) is 6.22. The number of rotatable bonds is 8. The molecule has 6 nitrogen and oxygen atoms in total. The highest BCUT2D eigenvalue weighted by Crippen LogP contribution is 2.31. The number of carbonyl (C=O) groups excluding carboxylic acids is 1. The van der Waals surface area contributed by atoms with Crippen molar-refractivity contribution < 1.29 is 13.2 Å². The first kappa shape index (κ1) is 26.2. The number of sulfone groups is 1. The summed E-state index contributed by atoms with van der Waals surface area (Å²) in [6, 6.07) is 20.8. The van der Waals surface area contributed by atoms with E-state index >= 15 is 0 Å². The molecule has 1 N–H and O–H groups in total. The van der Waals surface area contributed by atoms with Gasteiger partial charge in [-0.1, -0.05) is 44.4 Å². The van der Waals surface area contributed by atoms with E-state index < -0.39 is 9.84 Å². The molecule has 4 aromatic rings. The van der Waals surface area contributed by atoms with Gasteiger partial charge in [-0.05, 0) is 85.3 Å². The third-order valence-electron chi connectivity index (χ3n) is 7.52. The third kappa shape index (κ3) is 5.83. The van der Waals surface area contributed by atoms with Crippen molar-refractivity contribution in [1.82, 2.24) is 9.55 Å². The number of nitrogens with one attached hydrogen (secondary N) is 1. The van der Waals surface area contributed by atoms with E-state index in [4.69, 9.17) is 4.98 Å². The first-order valence-corrected chi connectivity index (χ1v) is 15.2. The molecule has 0 unspecified atom stereocenters. The van der Waals surface area contributed by atoms with Gasteiger partial charge in [0.2, 0.25) is 5.91 Å². The largest absolute Gasteiger partial charge is 0.326 e. The number of hydrogen-bond donors (Lipinski definition) is 1. The topological polar surface area (TPSA) is 81.1 Å². The molecule has 0 radical (unpaired) electrons. The van der Waals surface area contributed by atoms with Gasteiger partial charge in [0, 0.05) is 17.8 Å². The number of anilines is 1. The summed E-state index contributed by atoms with van der Waals surface area (Å²) in [5.41, 5.74) is 5.93. The summed E-state index contributed by atoms with van der Waals surface area (Å²) in [6.07, 6.45) is 6.67. The third-order valence-corrected chi connectivity index (χ3v) is 9.27. The first-order valence-electron chi connectivity index (χ1n) is 13.5. The van der Waals surface area contributed by atoms with Crippen LogP contribution < -0.4 is 5.32 Å². The number of fused-ring (bicyclic) bond motifs is 1. The Bertz CT molecular complexity index is 1530. The molecule has 7 heteroatoms. The average molecular weight is 530 g/mol. The van der Waals surface area contributed by atoms with Gasteiger partial charge in [0.25, 0.3) is 0 Å². The van der Waals surface area contributed by atoms with Gasteiger partial charge in [-0.25, -0.2) is 13.4 Å². The Balaban J connectivity index is 1.32.